The highest BCUT2D eigenvalue weighted by Gasteiger charge is 2.45. The Morgan fingerprint density at radius 1 is 1.04 bits per heavy atom. The minimum Gasteiger partial charge on any atom is -0.378 e. The van der Waals surface area contributed by atoms with E-state index in [-0.39, 0.29) is 18.0 Å². The highest BCUT2D eigenvalue weighted by molar-refractivity contribution is 5.94. The Hall–Kier alpha value is -2.29. The number of hydrogen-bond donors (Lipinski definition) is 1. The lowest BCUT2D eigenvalue weighted by atomic mass is 9.69. The summed E-state index contributed by atoms with van der Waals surface area (Å²) in [5, 5.41) is 3.74. The molecule has 0 saturated heterocycles. The van der Waals surface area contributed by atoms with E-state index in [0.29, 0.717) is 11.8 Å². The highest BCUT2D eigenvalue weighted by Crippen LogP contribution is 2.48. The van der Waals surface area contributed by atoms with Gasteiger partial charge in [-0.25, -0.2) is 0 Å². The van der Waals surface area contributed by atoms with E-state index in [1.807, 2.05) is 12.1 Å². The van der Waals surface area contributed by atoms with Crippen LogP contribution in [0.25, 0.3) is 0 Å². The molecule has 3 atom stereocenters. The molecule has 1 aliphatic heterocycles. The predicted octanol–water partition coefficient (Wildman–Crippen LogP) is 5.01. The third-order valence-electron chi connectivity index (χ3n) is 5.96. The van der Waals surface area contributed by atoms with Crippen LogP contribution in [0.2, 0.25) is 0 Å². The summed E-state index contributed by atoms with van der Waals surface area (Å²) in [6.45, 7) is 4.01. The summed E-state index contributed by atoms with van der Waals surface area (Å²) in [7, 11) is 0. The van der Waals surface area contributed by atoms with Crippen LogP contribution in [0.5, 0.6) is 0 Å². The molecule has 0 bridgehead atoms. The molecule has 1 unspecified atom stereocenters. The summed E-state index contributed by atoms with van der Waals surface area (Å²) in [5.41, 5.74) is 3.45. The first kappa shape index (κ1) is 16.2. The van der Waals surface area contributed by atoms with E-state index < -0.39 is 0 Å². The lowest BCUT2D eigenvalue weighted by molar-refractivity contribution is -0.118. The fraction of sp³-hybridized carbons (Fsp3) is 0.409. The maximum atomic E-state index is 12.5. The molecule has 1 saturated carbocycles. The number of para-hydroxylation sites is 2. The van der Waals surface area contributed by atoms with Gasteiger partial charge >= 0.3 is 0 Å². The normalized spacial score (nSPS) is 25.8. The molecule has 0 aromatic heterocycles. The standard InChI is InChI=1S/C22H26N2O/c1-15-21(23-18-11-4-3-5-12-18)19-13-6-7-14-20(19)24(16(2)25)22(15)17-9-8-10-17/h3-7,11-15,17,21-23H,8-10H2,1-2H3/t15-,21?,22-/m1/s1. The molecule has 1 aliphatic carbocycles. The Balaban J connectivity index is 1.77. The number of fused-ring (bicyclic) bond motifs is 1. The van der Waals surface area contributed by atoms with Gasteiger partial charge in [0.1, 0.15) is 0 Å². The van der Waals surface area contributed by atoms with Crippen LogP contribution in [0.1, 0.15) is 44.7 Å². The Labute approximate surface area is 150 Å². The Kier molecular flexibility index (Phi) is 4.24. The lowest BCUT2D eigenvalue weighted by Gasteiger charge is -2.50. The van der Waals surface area contributed by atoms with E-state index in [9.17, 15) is 4.79 Å². The van der Waals surface area contributed by atoms with Crippen molar-refractivity contribution in [2.45, 2.75) is 45.2 Å². The molecule has 4 rings (SSSR count). The molecule has 0 spiro atoms. The van der Waals surface area contributed by atoms with Crippen LogP contribution in [0.4, 0.5) is 11.4 Å². The van der Waals surface area contributed by atoms with Gasteiger partial charge in [-0.1, -0.05) is 49.7 Å². The first-order chi connectivity index (χ1) is 12.2. The van der Waals surface area contributed by atoms with Crippen molar-refractivity contribution in [2.24, 2.45) is 11.8 Å². The van der Waals surface area contributed by atoms with Gasteiger partial charge in [0.05, 0.1) is 6.04 Å². The number of nitrogens with zero attached hydrogens (tertiary/aromatic N) is 1. The largest absolute Gasteiger partial charge is 0.378 e. The zero-order valence-corrected chi connectivity index (χ0v) is 15.0. The fourth-order valence-corrected chi connectivity index (χ4v) is 4.57. The number of anilines is 2. The van der Waals surface area contributed by atoms with Gasteiger partial charge in [-0.2, -0.15) is 0 Å². The SMILES string of the molecule is CC(=O)N1c2ccccc2C(Nc2ccccc2)[C@@H](C)[C@@H]1C1CCC1. The number of carbonyl (C=O) groups is 1. The molecule has 130 valence electrons. The number of hydrogen-bond acceptors (Lipinski definition) is 2. The maximum Gasteiger partial charge on any atom is 0.224 e. The first-order valence-corrected chi connectivity index (χ1v) is 9.37. The van der Waals surface area contributed by atoms with Gasteiger partial charge in [0.25, 0.3) is 0 Å². The summed E-state index contributed by atoms with van der Waals surface area (Å²) in [6, 6.07) is 19.3. The summed E-state index contributed by atoms with van der Waals surface area (Å²) in [5.74, 6) is 1.14. The predicted molar refractivity (Wildman–Crippen MR) is 103 cm³/mol. The van der Waals surface area contributed by atoms with Gasteiger partial charge in [0, 0.05) is 30.3 Å². The van der Waals surface area contributed by atoms with Crippen LogP contribution < -0.4 is 10.2 Å². The van der Waals surface area contributed by atoms with E-state index in [1.165, 1.54) is 24.8 Å². The molecule has 2 aromatic carbocycles. The van der Waals surface area contributed by atoms with Crippen LogP contribution in [0.15, 0.2) is 54.6 Å². The van der Waals surface area contributed by atoms with Gasteiger partial charge in [-0.3, -0.25) is 4.79 Å². The zero-order chi connectivity index (χ0) is 17.4. The van der Waals surface area contributed by atoms with Crippen molar-refractivity contribution in [3.05, 3.63) is 60.2 Å². The zero-order valence-electron chi connectivity index (χ0n) is 15.0. The molecular formula is C22H26N2O. The van der Waals surface area contributed by atoms with Crippen LogP contribution >= 0.6 is 0 Å². The molecule has 1 N–H and O–H groups in total. The first-order valence-electron chi connectivity index (χ1n) is 9.37. The maximum absolute atomic E-state index is 12.5. The van der Waals surface area contributed by atoms with Gasteiger partial charge < -0.3 is 10.2 Å². The van der Waals surface area contributed by atoms with E-state index in [0.717, 1.165) is 11.4 Å². The second kappa shape index (κ2) is 6.55. The van der Waals surface area contributed by atoms with Crippen LogP contribution in [-0.2, 0) is 4.79 Å². The molecule has 25 heavy (non-hydrogen) atoms. The smallest absolute Gasteiger partial charge is 0.224 e. The quantitative estimate of drug-likeness (QED) is 0.855. The lowest BCUT2D eigenvalue weighted by Crippen LogP contribution is -2.54. The van der Waals surface area contributed by atoms with Crippen molar-refractivity contribution in [3.63, 3.8) is 0 Å². The highest BCUT2D eigenvalue weighted by atomic mass is 16.2. The Bertz CT molecular complexity index is 754. The van der Waals surface area contributed by atoms with E-state index in [2.05, 4.69) is 59.6 Å². The number of benzene rings is 2. The fourth-order valence-electron chi connectivity index (χ4n) is 4.57. The summed E-state index contributed by atoms with van der Waals surface area (Å²) in [4.78, 5) is 14.6. The summed E-state index contributed by atoms with van der Waals surface area (Å²) >= 11 is 0. The van der Waals surface area contributed by atoms with Crippen LogP contribution in [0, 0.1) is 11.8 Å². The van der Waals surface area contributed by atoms with Crippen molar-refractivity contribution in [3.8, 4) is 0 Å². The molecule has 1 heterocycles. The summed E-state index contributed by atoms with van der Waals surface area (Å²) in [6.07, 6.45) is 3.76. The molecule has 2 aliphatic rings. The van der Waals surface area contributed by atoms with Gasteiger partial charge in [-0.05, 0) is 42.5 Å². The summed E-state index contributed by atoms with van der Waals surface area (Å²) < 4.78 is 0. The second-order valence-corrected chi connectivity index (χ2v) is 7.48. The number of carbonyl (C=O) groups excluding carboxylic acids is 1. The monoisotopic (exact) mass is 334 g/mol. The van der Waals surface area contributed by atoms with Crippen LogP contribution in [0.3, 0.4) is 0 Å². The topological polar surface area (TPSA) is 32.3 Å². The van der Waals surface area contributed by atoms with E-state index >= 15 is 0 Å². The number of nitrogens with one attached hydrogen (secondary N) is 1. The molecule has 2 aromatic rings. The average molecular weight is 334 g/mol. The molecular weight excluding hydrogens is 308 g/mol. The Morgan fingerprint density at radius 2 is 1.72 bits per heavy atom. The van der Waals surface area contributed by atoms with Gasteiger partial charge in [-0.15, -0.1) is 0 Å². The second-order valence-electron chi connectivity index (χ2n) is 7.48. The van der Waals surface area contributed by atoms with E-state index in [4.69, 9.17) is 0 Å². The van der Waals surface area contributed by atoms with Crippen molar-refractivity contribution in [1.82, 2.24) is 0 Å². The molecule has 0 radical (unpaired) electrons. The van der Waals surface area contributed by atoms with Crippen molar-refractivity contribution >= 4 is 17.3 Å². The molecule has 1 fully saturated rings. The van der Waals surface area contributed by atoms with E-state index in [1.54, 1.807) is 6.92 Å². The van der Waals surface area contributed by atoms with Crippen molar-refractivity contribution in [1.29, 1.82) is 0 Å². The van der Waals surface area contributed by atoms with Crippen LogP contribution in [-0.4, -0.2) is 11.9 Å². The number of rotatable bonds is 3. The van der Waals surface area contributed by atoms with Crippen molar-refractivity contribution in [2.75, 3.05) is 10.2 Å². The minimum atomic E-state index is 0.161. The van der Waals surface area contributed by atoms with Gasteiger partial charge in [0.2, 0.25) is 5.91 Å². The van der Waals surface area contributed by atoms with Gasteiger partial charge in [0.15, 0.2) is 0 Å². The Morgan fingerprint density at radius 3 is 2.36 bits per heavy atom. The third-order valence-corrected chi connectivity index (χ3v) is 5.96. The molecule has 1 amide bonds. The minimum absolute atomic E-state index is 0.161. The third kappa shape index (κ3) is 2.82. The molecule has 3 heteroatoms. The van der Waals surface area contributed by atoms with Crippen molar-refractivity contribution < 1.29 is 4.79 Å². The molecule has 3 nitrogen and oxygen atoms in total. The number of amides is 1. The average Bonchev–Trinajstić information content (AvgIpc) is 2.57.